The predicted octanol–water partition coefficient (Wildman–Crippen LogP) is 4.12. The minimum atomic E-state index is -4.41. The Kier molecular flexibility index (Phi) is 5.70. The molecule has 0 radical (unpaired) electrons. The zero-order valence-corrected chi connectivity index (χ0v) is 17.6. The van der Waals surface area contributed by atoms with Gasteiger partial charge in [-0.2, -0.15) is 13.2 Å². The molecular formula is C21H24ClF4N3O2. The molecule has 1 heterocycles. The summed E-state index contributed by atoms with van der Waals surface area (Å²) in [6.45, 7) is 1.25. The molecule has 0 aromatic heterocycles. The first-order chi connectivity index (χ1) is 14.5. The third-order valence-corrected chi connectivity index (χ3v) is 6.92. The van der Waals surface area contributed by atoms with Crippen molar-refractivity contribution in [1.82, 2.24) is 10.2 Å². The fourth-order valence-corrected chi connectivity index (χ4v) is 5.03. The van der Waals surface area contributed by atoms with E-state index < -0.39 is 23.4 Å². The Bertz CT molecular complexity index is 852. The van der Waals surface area contributed by atoms with Crippen LogP contribution in [0.4, 0.5) is 23.2 Å². The van der Waals surface area contributed by atoms with Gasteiger partial charge >= 0.3 is 6.18 Å². The minimum Gasteiger partial charge on any atom is -0.341 e. The van der Waals surface area contributed by atoms with Gasteiger partial charge in [-0.1, -0.05) is 11.6 Å². The number of carbonyl (C=O) groups is 2. The average Bonchev–Trinajstić information content (AvgIpc) is 3.40. The molecule has 5 nitrogen and oxygen atoms in total. The van der Waals surface area contributed by atoms with Crippen LogP contribution in [0.15, 0.2) is 18.2 Å². The second kappa shape index (κ2) is 7.92. The van der Waals surface area contributed by atoms with Crippen LogP contribution >= 0.6 is 11.6 Å². The number of hydrogen-bond acceptors (Lipinski definition) is 3. The standard InChI is InChI=1S/C21H24ClF4N3O2/c22-14-7-15(23)9-16(8-14)27-18(31)13-1-3-19(4-2-13)11-29(12-19)10-17(30)28-20(5-6-20)21(24,25)26/h7-9,13H,1-6,10-12H2,(H,27,31)(H,28,30). The topological polar surface area (TPSA) is 61.4 Å². The van der Waals surface area contributed by atoms with Gasteiger partial charge in [-0.15, -0.1) is 0 Å². The largest absolute Gasteiger partial charge is 0.411 e. The highest BCUT2D eigenvalue weighted by Gasteiger charge is 2.64. The van der Waals surface area contributed by atoms with Gasteiger partial charge in [0.25, 0.3) is 0 Å². The fourth-order valence-electron chi connectivity index (χ4n) is 4.81. The van der Waals surface area contributed by atoms with E-state index in [2.05, 4.69) is 10.6 Å². The number of carbonyl (C=O) groups excluding carboxylic acids is 2. The highest BCUT2D eigenvalue weighted by atomic mass is 35.5. The van der Waals surface area contributed by atoms with Gasteiger partial charge in [-0.3, -0.25) is 14.5 Å². The summed E-state index contributed by atoms with van der Waals surface area (Å²) in [4.78, 5) is 26.4. The summed E-state index contributed by atoms with van der Waals surface area (Å²) in [6.07, 6.45) is -1.57. The number of rotatable bonds is 5. The normalized spacial score (nSPS) is 22.6. The number of anilines is 1. The Balaban J connectivity index is 1.21. The van der Waals surface area contributed by atoms with Gasteiger partial charge in [0, 0.05) is 29.7 Å². The van der Waals surface area contributed by atoms with Crippen molar-refractivity contribution >= 4 is 29.1 Å². The van der Waals surface area contributed by atoms with Gasteiger partial charge in [-0.05, 0) is 62.1 Å². The third-order valence-electron chi connectivity index (χ3n) is 6.70. The van der Waals surface area contributed by atoms with Gasteiger partial charge in [-0.25, -0.2) is 4.39 Å². The molecule has 0 atom stereocenters. The second-order valence-electron chi connectivity index (χ2n) is 9.19. The number of alkyl halides is 3. The molecule has 0 bridgehead atoms. The third kappa shape index (κ3) is 4.82. The van der Waals surface area contributed by atoms with E-state index in [-0.39, 0.29) is 41.6 Å². The van der Waals surface area contributed by atoms with Crippen LogP contribution in [-0.4, -0.2) is 48.1 Å². The lowest BCUT2D eigenvalue weighted by Crippen LogP contribution is -2.61. The van der Waals surface area contributed by atoms with E-state index in [1.54, 1.807) is 0 Å². The summed E-state index contributed by atoms with van der Waals surface area (Å²) in [7, 11) is 0. The molecule has 1 aromatic carbocycles. The summed E-state index contributed by atoms with van der Waals surface area (Å²) in [5.74, 6) is -1.47. The van der Waals surface area contributed by atoms with Crippen LogP contribution in [0, 0.1) is 17.2 Å². The molecule has 1 saturated heterocycles. The summed E-state index contributed by atoms with van der Waals surface area (Å²) < 4.78 is 52.3. The molecule has 4 rings (SSSR count). The van der Waals surface area contributed by atoms with Crippen molar-refractivity contribution in [2.75, 3.05) is 25.0 Å². The first-order valence-corrected chi connectivity index (χ1v) is 10.7. The fraction of sp³-hybridized carbons (Fsp3) is 0.619. The Labute approximate surface area is 182 Å². The maximum Gasteiger partial charge on any atom is 0.411 e. The SMILES string of the molecule is O=C(CN1CC2(CCC(C(=O)Nc3cc(F)cc(Cl)c3)CC2)C1)NC1(C(F)(F)F)CC1. The van der Waals surface area contributed by atoms with Crippen LogP contribution in [0.2, 0.25) is 5.02 Å². The summed E-state index contributed by atoms with van der Waals surface area (Å²) in [6, 6.07) is 3.87. The Morgan fingerprint density at radius 1 is 1.10 bits per heavy atom. The highest BCUT2D eigenvalue weighted by Crippen LogP contribution is 2.49. The van der Waals surface area contributed by atoms with Crippen molar-refractivity contribution in [3.63, 3.8) is 0 Å². The maximum atomic E-state index is 13.4. The number of likely N-dealkylation sites (tertiary alicyclic amines) is 1. The molecule has 2 saturated carbocycles. The zero-order valence-electron chi connectivity index (χ0n) is 16.8. The summed E-state index contributed by atoms with van der Waals surface area (Å²) in [5, 5.41) is 5.08. The van der Waals surface area contributed by atoms with Crippen LogP contribution < -0.4 is 10.6 Å². The van der Waals surface area contributed by atoms with E-state index in [0.29, 0.717) is 31.6 Å². The molecule has 1 spiro atoms. The number of hydrogen-bond donors (Lipinski definition) is 2. The molecule has 2 amide bonds. The maximum absolute atomic E-state index is 13.4. The summed E-state index contributed by atoms with van der Waals surface area (Å²) >= 11 is 5.81. The molecule has 2 N–H and O–H groups in total. The molecule has 2 aliphatic carbocycles. The highest BCUT2D eigenvalue weighted by molar-refractivity contribution is 6.30. The van der Waals surface area contributed by atoms with E-state index in [9.17, 15) is 27.2 Å². The van der Waals surface area contributed by atoms with Crippen LogP contribution in [0.1, 0.15) is 38.5 Å². The van der Waals surface area contributed by atoms with E-state index in [1.807, 2.05) is 4.90 Å². The lowest BCUT2D eigenvalue weighted by Gasteiger charge is -2.53. The number of halogens is 5. The van der Waals surface area contributed by atoms with E-state index in [1.165, 1.54) is 12.1 Å². The average molecular weight is 462 g/mol. The zero-order chi connectivity index (χ0) is 22.4. The van der Waals surface area contributed by atoms with Gasteiger partial charge in [0.05, 0.1) is 6.54 Å². The van der Waals surface area contributed by atoms with Crippen molar-refractivity contribution in [1.29, 1.82) is 0 Å². The predicted molar refractivity (Wildman–Crippen MR) is 107 cm³/mol. The van der Waals surface area contributed by atoms with Crippen molar-refractivity contribution in [3.05, 3.63) is 29.0 Å². The van der Waals surface area contributed by atoms with Gasteiger partial charge in [0.2, 0.25) is 11.8 Å². The minimum absolute atomic E-state index is 0.0144. The smallest absolute Gasteiger partial charge is 0.341 e. The molecule has 10 heteroatoms. The Morgan fingerprint density at radius 3 is 2.29 bits per heavy atom. The van der Waals surface area contributed by atoms with Crippen LogP contribution in [0.25, 0.3) is 0 Å². The van der Waals surface area contributed by atoms with Crippen molar-refractivity contribution in [3.8, 4) is 0 Å². The van der Waals surface area contributed by atoms with E-state index in [0.717, 1.165) is 18.9 Å². The van der Waals surface area contributed by atoms with Gasteiger partial charge in [0.1, 0.15) is 11.4 Å². The first kappa shape index (κ1) is 22.3. The van der Waals surface area contributed by atoms with Crippen LogP contribution in [0.3, 0.4) is 0 Å². The van der Waals surface area contributed by atoms with Crippen LogP contribution in [-0.2, 0) is 9.59 Å². The van der Waals surface area contributed by atoms with Crippen LogP contribution in [0.5, 0.6) is 0 Å². The Hall–Kier alpha value is -1.87. The second-order valence-corrected chi connectivity index (χ2v) is 9.63. The number of nitrogens with one attached hydrogen (secondary N) is 2. The molecule has 3 aliphatic rings. The molecule has 31 heavy (non-hydrogen) atoms. The molecule has 170 valence electrons. The molecule has 0 unspecified atom stereocenters. The lowest BCUT2D eigenvalue weighted by molar-refractivity contribution is -0.171. The van der Waals surface area contributed by atoms with Crippen molar-refractivity contribution in [2.45, 2.75) is 50.2 Å². The quantitative estimate of drug-likeness (QED) is 0.648. The Morgan fingerprint density at radius 2 is 1.74 bits per heavy atom. The number of nitrogens with zero attached hydrogens (tertiary/aromatic N) is 1. The number of benzene rings is 1. The van der Waals surface area contributed by atoms with E-state index >= 15 is 0 Å². The summed E-state index contributed by atoms with van der Waals surface area (Å²) in [5.41, 5.74) is -1.69. The monoisotopic (exact) mass is 461 g/mol. The number of amides is 2. The van der Waals surface area contributed by atoms with Crippen molar-refractivity contribution < 1.29 is 27.2 Å². The molecule has 1 aromatic rings. The first-order valence-electron chi connectivity index (χ1n) is 10.4. The van der Waals surface area contributed by atoms with Gasteiger partial charge in [0.15, 0.2) is 0 Å². The molecular weight excluding hydrogens is 438 g/mol. The van der Waals surface area contributed by atoms with Crippen molar-refractivity contribution in [2.24, 2.45) is 11.3 Å². The molecule has 3 fully saturated rings. The lowest BCUT2D eigenvalue weighted by atomic mass is 9.65. The van der Waals surface area contributed by atoms with Gasteiger partial charge < -0.3 is 10.6 Å². The molecule has 1 aliphatic heterocycles. The van der Waals surface area contributed by atoms with E-state index in [4.69, 9.17) is 11.6 Å².